The van der Waals surface area contributed by atoms with Crippen molar-refractivity contribution in [3.05, 3.63) is 0 Å². The summed E-state index contributed by atoms with van der Waals surface area (Å²) in [6, 6.07) is 0.411. The molecule has 0 radical (unpaired) electrons. The highest BCUT2D eigenvalue weighted by Crippen LogP contribution is 2.37. The van der Waals surface area contributed by atoms with Gasteiger partial charge in [-0.05, 0) is 30.6 Å². The summed E-state index contributed by atoms with van der Waals surface area (Å²) in [4.78, 5) is 11.8. The average molecular weight is 211 g/mol. The molecule has 0 bridgehead atoms. The van der Waals surface area contributed by atoms with Crippen LogP contribution in [-0.4, -0.2) is 11.9 Å². The lowest BCUT2D eigenvalue weighted by Gasteiger charge is -2.21. The summed E-state index contributed by atoms with van der Waals surface area (Å²) in [6.45, 7) is 10.8. The van der Waals surface area contributed by atoms with Gasteiger partial charge in [0.1, 0.15) is 0 Å². The van der Waals surface area contributed by atoms with Crippen LogP contribution in [0.15, 0.2) is 0 Å². The first-order chi connectivity index (χ1) is 6.82. The van der Waals surface area contributed by atoms with E-state index in [0.29, 0.717) is 17.4 Å². The smallest absolute Gasteiger partial charge is 0.223 e. The van der Waals surface area contributed by atoms with E-state index < -0.39 is 0 Å². The van der Waals surface area contributed by atoms with Crippen LogP contribution in [0.4, 0.5) is 0 Å². The van der Waals surface area contributed by atoms with Gasteiger partial charge in [-0.2, -0.15) is 0 Å². The standard InChI is InChI=1S/C13H25NO/c1-9(2)10(3)12(15)14-11-6-7-13(4,5)8-11/h9-11H,6-8H2,1-5H3,(H,14,15). The molecule has 88 valence electrons. The highest BCUT2D eigenvalue weighted by molar-refractivity contribution is 5.78. The van der Waals surface area contributed by atoms with Crippen molar-refractivity contribution in [2.45, 2.75) is 59.9 Å². The van der Waals surface area contributed by atoms with Gasteiger partial charge in [-0.3, -0.25) is 4.79 Å². The zero-order chi connectivity index (χ0) is 11.6. The van der Waals surface area contributed by atoms with Crippen molar-refractivity contribution >= 4 is 5.91 Å². The van der Waals surface area contributed by atoms with Crippen LogP contribution in [0.5, 0.6) is 0 Å². The van der Waals surface area contributed by atoms with E-state index in [-0.39, 0.29) is 11.8 Å². The van der Waals surface area contributed by atoms with Crippen LogP contribution in [0.25, 0.3) is 0 Å². The molecule has 2 nitrogen and oxygen atoms in total. The molecule has 0 aliphatic heterocycles. The third-order valence-corrected chi connectivity index (χ3v) is 3.73. The Labute approximate surface area is 93.8 Å². The molecule has 0 spiro atoms. The van der Waals surface area contributed by atoms with Crippen molar-refractivity contribution in [1.82, 2.24) is 5.32 Å². The Hall–Kier alpha value is -0.530. The number of hydrogen-bond donors (Lipinski definition) is 1. The molecular formula is C13H25NO. The molecule has 2 atom stereocenters. The molecule has 1 aliphatic carbocycles. The Kier molecular flexibility index (Phi) is 3.80. The lowest BCUT2D eigenvalue weighted by atomic mass is 9.91. The number of rotatable bonds is 3. The Morgan fingerprint density at radius 3 is 2.33 bits per heavy atom. The molecule has 0 heterocycles. The molecule has 1 N–H and O–H groups in total. The number of carbonyl (C=O) groups excluding carboxylic acids is 1. The second-order valence-electron chi connectivity index (χ2n) is 6.15. The minimum Gasteiger partial charge on any atom is -0.353 e. The van der Waals surface area contributed by atoms with E-state index in [2.05, 4.69) is 33.0 Å². The first-order valence-electron chi connectivity index (χ1n) is 6.12. The minimum atomic E-state index is 0.133. The van der Waals surface area contributed by atoms with Gasteiger partial charge >= 0.3 is 0 Å². The predicted molar refractivity (Wildman–Crippen MR) is 63.6 cm³/mol. The second-order valence-corrected chi connectivity index (χ2v) is 6.15. The van der Waals surface area contributed by atoms with Crippen molar-refractivity contribution in [3.8, 4) is 0 Å². The summed E-state index contributed by atoms with van der Waals surface area (Å²) in [5, 5.41) is 3.18. The maximum Gasteiger partial charge on any atom is 0.223 e. The van der Waals surface area contributed by atoms with Gasteiger partial charge in [0.25, 0.3) is 0 Å². The first kappa shape index (κ1) is 12.5. The summed E-state index contributed by atoms with van der Waals surface area (Å²) in [5.41, 5.74) is 0.416. The number of hydrogen-bond acceptors (Lipinski definition) is 1. The van der Waals surface area contributed by atoms with E-state index >= 15 is 0 Å². The highest BCUT2D eigenvalue weighted by atomic mass is 16.1. The van der Waals surface area contributed by atoms with Crippen LogP contribution >= 0.6 is 0 Å². The molecule has 1 saturated carbocycles. The van der Waals surface area contributed by atoms with Gasteiger partial charge in [-0.25, -0.2) is 0 Å². The van der Waals surface area contributed by atoms with Crippen LogP contribution < -0.4 is 5.32 Å². The van der Waals surface area contributed by atoms with E-state index in [1.807, 2.05) is 6.92 Å². The third-order valence-electron chi connectivity index (χ3n) is 3.73. The molecule has 1 amide bonds. The van der Waals surface area contributed by atoms with E-state index in [4.69, 9.17) is 0 Å². The lowest BCUT2D eigenvalue weighted by molar-refractivity contribution is -0.126. The van der Waals surface area contributed by atoms with Crippen molar-refractivity contribution in [3.63, 3.8) is 0 Å². The Bertz CT molecular complexity index is 233. The first-order valence-corrected chi connectivity index (χ1v) is 6.12. The van der Waals surface area contributed by atoms with Crippen LogP contribution in [0.2, 0.25) is 0 Å². The fourth-order valence-electron chi connectivity index (χ4n) is 2.19. The highest BCUT2D eigenvalue weighted by Gasteiger charge is 2.32. The largest absolute Gasteiger partial charge is 0.353 e. The molecule has 1 aliphatic rings. The molecular weight excluding hydrogens is 186 g/mol. The van der Waals surface area contributed by atoms with Crippen LogP contribution in [0, 0.1) is 17.3 Å². The van der Waals surface area contributed by atoms with Gasteiger partial charge in [0.2, 0.25) is 5.91 Å². The van der Waals surface area contributed by atoms with Gasteiger partial charge < -0.3 is 5.32 Å². The topological polar surface area (TPSA) is 29.1 Å². The monoisotopic (exact) mass is 211 g/mol. The van der Waals surface area contributed by atoms with E-state index in [0.717, 1.165) is 12.8 Å². The maximum atomic E-state index is 11.8. The Morgan fingerprint density at radius 2 is 1.93 bits per heavy atom. The van der Waals surface area contributed by atoms with Crippen LogP contribution in [-0.2, 0) is 4.79 Å². The molecule has 0 aromatic heterocycles. The molecule has 1 rings (SSSR count). The molecule has 0 saturated heterocycles. The van der Waals surface area contributed by atoms with Gasteiger partial charge in [0.05, 0.1) is 0 Å². The Balaban J connectivity index is 2.40. The summed E-state index contributed by atoms with van der Waals surface area (Å²) in [7, 11) is 0. The average Bonchev–Trinajstić information content (AvgIpc) is 2.43. The molecule has 15 heavy (non-hydrogen) atoms. The van der Waals surface area contributed by atoms with E-state index in [9.17, 15) is 4.79 Å². The zero-order valence-electron chi connectivity index (χ0n) is 10.8. The molecule has 1 fully saturated rings. The van der Waals surface area contributed by atoms with Crippen LogP contribution in [0.1, 0.15) is 53.9 Å². The van der Waals surface area contributed by atoms with E-state index in [1.165, 1.54) is 6.42 Å². The summed E-state index contributed by atoms with van der Waals surface area (Å²) in [5.74, 6) is 0.792. The Morgan fingerprint density at radius 1 is 1.33 bits per heavy atom. The number of carbonyl (C=O) groups is 1. The molecule has 0 aromatic carbocycles. The quantitative estimate of drug-likeness (QED) is 0.764. The van der Waals surface area contributed by atoms with Crippen molar-refractivity contribution in [2.75, 3.05) is 0 Å². The normalized spacial score (nSPS) is 26.7. The minimum absolute atomic E-state index is 0.133. The number of nitrogens with one attached hydrogen (secondary N) is 1. The van der Waals surface area contributed by atoms with E-state index in [1.54, 1.807) is 0 Å². The second kappa shape index (κ2) is 4.54. The molecule has 2 heteroatoms. The van der Waals surface area contributed by atoms with Gasteiger partial charge in [-0.1, -0.05) is 34.6 Å². The van der Waals surface area contributed by atoms with Gasteiger partial charge in [0, 0.05) is 12.0 Å². The fraction of sp³-hybridized carbons (Fsp3) is 0.923. The van der Waals surface area contributed by atoms with Crippen molar-refractivity contribution < 1.29 is 4.79 Å². The predicted octanol–water partition coefficient (Wildman–Crippen LogP) is 2.97. The lowest BCUT2D eigenvalue weighted by Crippen LogP contribution is -2.38. The molecule has 0 aromatic rings. The fourth-order valence-corrected chi connectivity index (χ4v) is 2.19. The zero-order valence-corrected chi connectivity index (χ0v) is 10.8. The van der Waals surface area contributed by atoms with Crippen molar-refractivity contribution in [1.29, 1.82) is 0 Å². The molecule has 2 unspecified atom stereocenters. The SMILES string of the molecule is CC(C)C(C)C(=O)NC1CCC(C)(C)C1. The van der Waals surface area contributed by atoms with Gasteiger partial charge in [-0.15, -0.1) is 0 Å². The van der Waals surface area contributed by atoms with Crippen molar-refractivity contribution in [2.24, 2.45) is 17.3 Å². The summed E-state index contributed by atoms with van der Waals surface area (Å²) < 4.78 is 0. The van der Waals surface area contributed by atoms with Crippen LogP contribution in [0.3, 0.4) is 0 Å². The number of amides is 1. The summed E-state index contributed by atoms with van der Waals surface area (Å²) >= 11 is 0. The third kappa shape index (κ3) is 3.51. The summed E-state index contributed by atoms with van der Waals surface area (Å²) in [6.07, 6.45) is 3.50. The van der Waals surface area contributed by atoms with Gasteiger partial charge in [0.15, 0.2) is 0 Å². The maximum absolute atomic E-state index is 11.8.